The molecule has 0 saturated carbocycles. The summed E-state index contributed by atoms with van der Waals surface area (Å²) < 4.78 is 30.0. The first-order valence-electron chi connectivity index (χ1n) is 6.71. The zero-order valence-electron chi connectivity index (χ0n) is 12.2. The van der Waals surface area contributed by atoms with Gasteiger partial charge in [0.25, 0.3) is 10.1 Å². The Kier molecular flexibility index (Phi) is 4.86. The minimum Gasteiger partial charge on any atom is -0.399 e. The highest BCUT2D eigenvalue weighted by atomic mass is 32.2. The van der Waals surface area contributed by atoms with E-state index in [0.29, 0.717) is 11.3 Å². The summed E-state index contributed by atoms with van der Waals surface area (Å²) in [5.41, 5.74) is 7.86. The average Bonchev–Trinajstić information content (AvgIpc) is 2.48. The predicted octanol–water partition coefficient (Wildman–Crippen LogP) is 3.05. The SMILES string of the molecule is C#CCC(OS(=O)(=O)c1ccc(C)cc1)c1ccc(N)cc1. The smallest absolute Gasteiger partial charge is 0.297 e. The molecular weight excluding hydrogens is 298 g/mol. The lowest BCUT2D eigenvalue weighted by Gasteiger charge is -2.16. The van der Waals surface area contributed by atoms with Gasteiger partial charge in [-0.05, 0) is 36.8 Å². The van der Waals surface area contributed by atoms with Gasteiger partial charge in [0.2, 0.25) is 0 Å². The van der Waals surface area contributed by atoms with Crippen LogP contribution in [0.5, 0.6) is 0 Å². The molecule has 0 heterocycles. The van der Waals surface area contributed by atoms with Crippen LogP contribution in [-0.2, 0) is 14.3 Å². The number of nitrogen functional groups attached to an aromatic ring is 1. The van der Waals surface area contributed by atoms with Gasteiger partial charge in [0.05, 0.1) is 4.90 Å². The summed E-state index contributed by atoms with van der Waals surface area (Å²) in [6.07, 6.45) is 4.73. The highest BCUT2D eigenvalue weighted by molar-refractivity contribution is 7.86. The van der Waals surface area contributed by atoms with Crippen molar-refractivity contribution in [1.82, 2.24) is 0 Å². The quantitative estimate of drug-likeness (QED) is 0.523. The molecule has 2 aromatic carbocycles. The highest BCUT2D eigenvalue weighted by Crippen LogP contribution is 2.27. The van der Waals surface area contributed by atoms with Crippen LogP contribution in [0.25, 0.3) is 0 Å². The molecular formula is C17H17NO3S. The Morgan fingerprint density at radius 3 is 2.27 bits per heavy atom. The molecule has 0 fully saturated rings. The standard InChI is InChI=1S/C17H17NO3S/c1-3-4-17(14-7-9-15(18)10-8-14)21-22(19,20)16-11-5-13(2)6-12-16/h1,5-12,17H,4,18H2,2H3. The van der Waals surface area contributed by atoms with Crippen LogP contribution in [0.2, 0.25) is 0 Å². The molecule has 0 amide bonds. The van der Waals surface area contributed by atoms with Crippen LogP contribution in [0.15, 0.2) is 53.4 Å². The molecule has 0 radical (unpaired) electrons. The third kappa shape index (κ3) is 3.88. The molecule has 2 rings (SSSR count). The van der Waals surface area contributed by atoms with Crippen molar-refractivity contribution < 1.29 is 12.6 Å². The van der Waals surface area contributed by atoms with Gasteiger partial charge in [-0.1, -0.05) is 29.8 Å². The monoisotopic (exact) mass is 315 g/mol. The van der Waals surface area contributed by atoms with Gasteiger partial charge in [-0.3, -0.25) is 4.18 Å². The molecule has 0 aliphatic carbocycles. The van der Waals surface area contributed by atoms with Crippen molar-refractivity contribution in [2.75, 3.05) is 5.73 Å². The number of aryl methyl sites for hydroxylation is 1. The Hall–Kier alpha value is -2.29. The molecule has 5 heteroatoms. The van der Waals surface area contributed by atoms with Gasteiger partial charge in [-0.15, -0.1) is 12.3 Å². The predicted molar refractivity (Wildman–Crippen MR) is 86.5 cm³/mol. The van der Waals surface area contributed by atoms with E-state index in [9.17, 15) is 8.42 Å². The molecule has 1 unspecified atom stereocenters. The molecule has 22 heavy (non-hydrogen) atoms. The van der Waals surface area contributed by atoms with E-state index in [1.807, 2.05) is 6.92 Å². The minimum absolute atomic E-state index is 0.107. The number of hydrogen-bond acceptors (Lipinski definition) is 4. The van der Waals surface area contributed by atoms with Gasteiger partial charge in [-0.25, -0.2) is 0 Å². The van der Waals surface area contributed by atoms with E-state index in [0.717, 1.165) is 5.56 Å². The largest absolute Gasteiger partial charge is 0.399 e. The molecule has 2 N–H and O–H groups in total. The summed E-state index contributed by atoms with van der Waals surface area (Å²) in [5.74, 6) is 2.44. The van der Waals surface area contributed by atoms with Gasteiger partial charge < -0.3 is 5.73 Å². The Labute approximate surface area is 131 Å². The zero-order valence-corrected chi connectivity index (χ0v) is 13.0. The summed E-state index contributed by atoms with van der Waals surface area (Å²) in [6, 6.07) is 13.2. The average molecular weight is 315 g/mol. The lowest BCUT2D eigenvalue weighted by molar-refractivity contribution is 0.219. The normalized spacial score (nSPS) is 12.5. The first kappa shape index (κ1) is 16.1. The van der Waals surface area contributed by atoms with Crippen molar-refractivity contribution in [1.29, 1.82) is 0 Å². The fourth-order valence-electron chi connectivity index (χ4n) is 1.94. The molecule has 0 saturated heterocycles. The van der Waals surface area contributed by atoms with Crippen molar-refractivity contribution in [3.63, 3.8) is 0 Å². The van der Waals surface area contributed by atoms with Crippen LogP contribution >= 0.6 is 0 Å². The molecule has 0 aliphatic rings. The van der Waals surface area contributed by atoms with Gasteiger partial charge in [-0.2, -0.15) is 8.42 Å². The minimum atomic E-state index is -3.88. The Bertz CT molecular complexity index is 772. The van der Waals surface area contributed by atoms with Crippen molar-refractivity contribution >= 4 is 15.8 Å². The fourth-order valence-corrected chi connectivity index (χ4v) is 3.00. The Morgan fingerprint density at radius 1 is 1.14 bits per heavy atom. The van der Waals surface area contributed by atoms with E-state index in [-0.39, 0.29) is 11.3 Å². The molecule has 0 bridgehead atoms. The van der Waals surface area contributed by atoms with E-state index in [2.05, 4.69) is 5.92 Å². The second-order valence-electron chi connectivity index (χ2n) is 4.93. The van der Waals surface area contributed by atoms with Gasteiger partial charge in [0, 0.05) is 12.1 Å². The van der Waals surface area contributed by atoms with Gasteiger partial charge in [0.15, 0.2) is 0 Å². The van der Waals surface area contributed by atoms with Crippen molar-refractivity contribution in [3.05, 3.63) is 59.7 Å². The first-order chi connectivity index (χ1) is 10.4. The van der Waals surface area contributed by atoms with Crippen LogP contribution in [-0.4, -0.2) is 8.42 Å². The van der Waals surface area contributed by atoms with Crippen LogP contribution < -0.4 is 5.73 Å². The van der Waals surface area contributed by atoms with Crippen LogP contribution in [0.1, 0.15) is 23.7 Å². The second-order valence-corrected chi connectivity index (χ2v) is 6.50. The first-order valence-corrected chi connectivity index (χ1v) is 8.12. The van der Waals surface area contributed by atoms with Crippen molar-refractivity contribution in [3.8, 4) is 12.3 Å². The summed E-state index contributed by atoms with van der Waals surface area (Å²) >= 11 is 0. The number of anilines is 1. The third-order valence-electron chi connectivity index (χ3n) is 3.16. The summed E-state index contributed by atoms with van der Waals surface area (Å²) in [6.45, 7) is 1.88. The van der Waals surface area contributed by atoms with Crippen LogP contribution in [0, 0.1) is 19.3 Å². The van der Waals surface area contributed by atoms with E-state index in [1.54, 1.807) is 36.4 Å². The van der Waals surface area contributed by atoms with E-state index in [1.165, 1.54) is 12.1 Å². The molecule has 0 aromatic heterocycles. The van der Waals surface area contributed by atoms with E-state index < -0.39 is 16.2 Å². The van der Waals surface area contributed by atoms with Crippen LogP contribution in [0.3, 0.4) is 0 Å². The molecule has 2 aromatic rings. The third-order valence-corrected chi connectivity index (χ3v) is 4.50. The summed E-state index contributed by atoms with van der Waals surface area (Å²) in [4.78, 5) is 0.107. The number of benzene rings is 2. The van der Waals surface area contributed by atoms with Crippen molar-refractivity contribution in [2.24, 2.45) is 0 Å². The van der Waals surface area contributed by atoms with Crippen molar-refractivity contribution in [2.45, 2.75) is 24.3 Å². The van der Waals surface area contributed by atoms with Gasteiger partial charge >= 0.3 is 0 Å². The molecule has 1 atom stereocenters. The maximum atomic E-state index is 12.4. The lowest BCUT2D eigenvalue weighted by Crippen LogP contribution is -2.12. The number of hydrogen-bond donors (Lipinski definition) is 1. The molecule has 114 valence electrons. The lowest BCUT2D eigenvalue weighted by atomic mass is 10.1. The zero-order chi connectivity index (χ0) is 16.2. The maximum absolute atomic E-state index is 12.4. The molecule has 4 nitrogen and oxygen atoms in total. The summed E-state index contributed by atoms with van der Waals surface area (Å²) in [7, 11) is -3.88. The number of terminal acetylenes is 1. The Balaban J connectivity index is 2.29. The fraction of sp³-hybridized carbons (Fsp3) is 0.176. The van der Waals surface area contributed by atoms with Crippen LogP contribution in [0.4, 0.5) is 5.69 Å². The van der Waals surface area contributed by atoms with E-state index in [4.69, 9.17) is 16.3 Å². The maximum Gasteiger partial charge on any atom is 0.297 e. The number of rotatable bonds is 5. The summed E-state index contributed by atoms with van der Waals surface area (Å²) in [5, 5.41) is 0. The molecule has 0 aliphatic heterocycles. The number of nitrogens with two attached hydrogens (primary N) is 1. The Morgan fingerprint density at radius 2 is 1.73 bits per heavy atom. The van der Waals surface area contributed by atoms with Gasteiger partial charge in [0.1, 0.15) is 6.10 Å². The second kappa shape index (κ2) is 6.65. The molecule has 0 spiro atoms. The topological polar surface area (TPSA) is 69.4 Å². The van der Waals surface area contributed by atoms with E-state index >= 15 is 0 Å². The highest BCUT2D eigenvalue weighted by Gasteiger charge is 2.22.